The van der Waals surface area contributed by atoms with E-state index in [1.165, 1.54) is 32.2 Å². The average molecular weight is 183 g/mol. The first-order valence-electron chi connectivity index (χ1n) is 5.73. The van der Waals surface area contributed by atoms with Crippen molar-refractivity contribution in [2.24, 2.45) is 11.8 Å². The molecule has 2 aliphatic rings. The molecule has 2 unspecified atom stereocenters. The molecule has 1 aliphatic heterocycles. The van der Waals surface area contributed by atoms with E-state index in [9.17, 15) is 0 Å². The zero-order chi connectivity index (χ0) is 9.10. The Morgan fingerprint density at radius 3 is 2.69 bits per heavy atom. The molecule has 1 heterocycles. The lowest BCUT2D eigenvalue weighted by atomic mass is 9.95. The van der Waals surface area contributed by atoms with E-state index < -0.39 is 0 Å². The molecular weight excluding hydrogens is 162 g/mol. The minimum atomic E-state index is 0.766. The first-order chi connectivity index (χ1) is 6.42. The van der Waals surface area contributed by atoms with E-state index in [1.807, 2.05) is 0 Å². The summed E-state index contributed by atoms with van der Waals surface area (Å²) < 4.78 is 5.46. The standard InChI is InChI=1S/C11H21NO/c1-2-6-12-11(9-3-4-9)10-5-7-13-8-10/h9-12H,2-8H2,1H3. The van der Waals surface area contributed by atoms with E-state index >= 15 is 0 Å². The molecule has 0 aromatic heterocycles. The summed E-state index contributed by atoms with van der Waals surface area (Å²) in [5, 5.41) is 3.69. The molecule has 0 spiro atoms. The lowest BCUT2D eigenvalue weighted by Crippen LogP contribution is -2.38. The summed E-state index contributed by atoms with van der Waals surface area (Å²) in [7, 11) is 0. The SMILES string of the molecule is CCCNC(C1CC1)C1CCOC1. The van der Waals surface area contributed by atoms with Crippen LogP contribution in [0, 0.1) is 11.8 Å². The van der Waals surface area contributed by atoms with Crippen molar-refractivity contribution in [3.63, 3.8) is 0 Å². The Labute approximate surface area is 81.0 Å². The van der Waals surface area contributed by atoms with Gasteiger partial charge in [0, 0.05) is 18.6 Å². The van der Waals surface area contributed by atoms with Crippen LogP contribution in [0.2, 0.25) is 0 Å². The summed E-state index contributed by atoms with van der Waals surface area (Å²) in [5.74, 6) is 1.78. The molecular formula is C11H21NO. The number of nitrogens with one attached hydrogen (secondary N) is 1. The Morgan fingerprint density at radius 1 is 1.31 bits per heavy atom. The van der Waals surface area contributed by atoms with Gasteiger partial charge in [0.1, 0.15) is 0 Å². The van der Waals surface area contributed by atoms with Gasteiger partial charge in [0.05, 0.1) is 6.61 Å². The molecule has 0 radical (unpaired) electrons. The van der Waals surface area contributed by atoms with E-state index in [0.717, 1.165) is 31.1 Å². The molecule has 1 aliphatic carbocycles. The Bertz CT molecular complexity index is 150. The normalized spacial score (nSPS) is 30.7. The van der Waals surface area contributed by atoms with Crippen LogP contribution in [-0.2, 0) is 4.74 Å². The summed E-state index contributed by atoms with van der Waals surface area (Å²) in [4.78, 5) is 0. The molecule has 0 amide bonds. The molecule has 0 bridgehead atoms. The predicted molar refractivity (Wildman–Crippen MR) is 53.7 cm³/mol. The summed E-state index contributed by atoms with van der Waals surface area (Å²) >= 11 is 0. The number of hydrogen-bond donors (Lipinski definition) is 1. The van der Waals surface area contributed by atoms with Gasteiger partial charge in [0.2, 0.25) is 0 Å². The number of hydrogen-bond acceptors (Lipinski definition) is 2. The second kappa shape index (κ2) is 4.43. The van der Waals surface area contributed by atoms with Crippen LogP contribution in [-0.4, -0.2) is 25.8 Å². The van der Waals surface area contributed by atoms with Gasteiger partial charge in [0.25, 0.3) is 0 Å². The molecule has 2 nitrogen and oxygen atoms in total. The molecule has 1 saturated carbocycles. The first-order valence-corrected chi connectivity index (χ1v) is 5.73. The Kier molecular flexibility index (Phi) is 3.23. The Hall–Kier alpha value is -0.0800. The van der Waals surface area contributed by atoms with Crippen LogP contribution in [0.3, 0.4) is 0 Å². The monoisotopic (exact) mass is 183 g/mol. The van der Waals surface area contributed by atoms with Gasteiger partial charge in [-0.25, -0.2) is 0 Å². The molecule has 2 atom stereocenters. The van der Waals surface area contributed by atoms with Crippen LogP contribution in [0.5, 0.6) is 0 Å². The fraction of sp³-hybridized carbons (Fsp3) is 1.00. The zero-order valence-electron chi connectivity index (χ0n) is 8.59. The first kappa shape index (κ1) is 9.47. The minimum absolute atomic E-state index is 0.766. The van der Waals surface area contributed by atoms with Gasteiger partial charge in [-0.3, -0.25) is 0 Å². The minimum Gasteiger partial charge on any atom is -0.381 e. The molecule has 2 fully saturated rings. The van der Waals surface area contributed by atoms with E-state index in [0.29, 0.717) is 0 Å². The van der Waals surface area contributed by atoms with Crippen molar-refractivity contribution < 1.29 is 4.74 Å². The highest BCUT2D eigenvalue weighted by molar-refractivity contribution is 4.91. The number of rotatable bonds is 5. The maximum Gasteiger partial charge on any atom is 0.0510 e. The van der Waals surface area contributed by atoms with Gasteiger partial charge >= 0.3 is 0 Å². The lowest BCUT2D eigenvalue weighted by molar-refractivity contribution is 0.173. The molecule has 76 valence electrons. The third-order valence-electron chi connectivity index (χ3n) is 3.23. The van der Waals surface area contributed by atoms with Gasteiger partial charge in [-0.05, 0) is 38.1 Å². The molecule has 13 heavy (non-hydrogen) atoms. The second-order valence-corrected chi connectivity index (χ2v) is 4.44. The summed E-state index contributed by atoms with van der Waals surface area (Å²) in [6.45, 7) is 5.40. The van der Waals surface area contributed by atoms with Crippen LogP contribution in [0.15, 0.2) is 0 Å². The molecule has 2 rings (SSSR count). The topological polar surface area (TPSA) is 21.3 Å². The van der Waals surface area contributed by atoms with Gasteiger partial charge in [-0.15, -0.1) is 0 Å². The molecule has 1 saturated heterocycles. The lowest BCUT2D eigenvalue weighted by Gasteiger charge is -2.23. The van der Waals surface area contributed by atoms with Gasteiger partial charge in [-0.1, -0.05) is 6.92 Å². The second-order valence-electron chi connectivity index (χ2n) is 4.44. The highest BCUT2D eigenvalue weighted by atomic mass is 16.5. The summed E-state index contributed by atoms with van der Waals surface area (Å²) in [6, 6.07) is 0.766. The van der Waals surface area contributed by atoms with Crippen LogP contribution >= 0.6 is 0 Å². The Balaban J connectivity index is 1.80. The van der Waals surface area contributed by atoms with E-state index in [-0.39, 0.29) is 0 Å². The molecule has 2 heteroatoms. The van der Waals surface area contributed by atoms with Crippen molar-refractivity contribution in [2.45, 2.75) is 38.6 Å². The smallest absolute Gasteiger partial charge is 0.0510 e. The summed E-state index contributed by atoms with van der Waals surface area (Å²) in [6.07, 6.45) is 5.41. The largest absolute Gasteiger partial charge is 0.381 e. The third kappa shape index (κ3) is 2.44. The van der Waals surface area contributed by atoms with E-state index in [1.54, 1.807) is 0 Å². The van der Waals surface area contributed by atoms with Crippen LogP contribution in [0.4, 0.5) is 0 Å². The fourth-order valence-corrected chi connectivity index (χ4v) is 2.32. The fourth-order valence-electron chi connectivity index (χ4n) is 2.32. The van der Waals surface area contributed by atoms with Crippen molar-refractivity contribution in [2.75, 3.05) is 19.8 Å². The van der Waals surface area contributed by atoms with Gasteiger partial charge < -0.3 is 10.1 Å². The predicted octanol–water partition coefficient (Wildman–Crippen LogP) is 1.80. The zero-order valence-corrected chi connectivity index (χ0v) is 8.59. The average Bonchev–Trinajstić information content (AvgIpc) is 2.82. The summed E-state index contributed by atoms with van der Waals surface area (Å²) in [5.41, 5.74) is 0. The van der Waals surface area contributed by atoms with Crippen molar-refractivity contribution in [3.05, 3.63) is 0 Å². The van der Waals surface area contributed by atoms with Crippen molar-refractivity contribution >= 4 is 0 Å². The van der Waals surface area contributed by atoms with E-state index in [4.69, 9.17) is 4.74 Å². The van der Waals surface area contributed by atoms with Crippen LogP contribution in [0.1, 0.15) is 32.6 Å². The molecule has 0 aromatic rings. The molecule has 0 aromatic carbocycles. The maximum atomic E-state index is 5.46. The maximum absolute atomic E-state index is 5.46. The van der Waals surface area contributed by atoms with E-state index in [2.05, 4.69) is 12.2 Å². The third-order valence-corrected chi connectivity index (χ3v) is 3.23. The highest BCUT2D eigenvalue weighted by Gasteiger charge is 2.37. The van der Waals surface area contributed by atoms with Gasteiger partial charge in [-0.2, -0.15) is 0 Å². The van der Waals surface area contributed by atoms with Crippen LogP contribution in [0.25, 0.3) is 0 Å². The highest BCUT2D eigenvalue weighted by Crippen LogP contribution is 2.37. The van der Waals surface area contributed by atoms with Crippen molar-refractivity contribution in [3.8, 4) is 0 Å². The van der Waals surface area contributed by atoms with Crippen molar-refractivity contribution in [1.82, 2.24) is 5.32 Å². The molecule has 1 N–H and O–H groups in total. The van der Waals surface area contributed by atoms with Gasteiger partial charge in [0.15, 0.2) is 0 Å². The number of ether oxygens (including phenoxy) is 1. The quantitative estimate of drug-likeness (QED) is 0.702. The Morgan fingerprint density at radius 2 is 2.15 bits per heavy atom. The van der Waals surface area contributed by atoms with Crippen LogP contribution < -0.4 is 5.32 Å². The van der Waals surface area contributed by atoms with Crippen molar-refractivity contribution in [1.29, 1.82) is 0 Å².